The van der Waals surface area contributed by atoms with Crippen molar-refractivity contribution in [2.75, 3.05) is 0 Å². The lowest BCUT2D eigenvalue weighted by Gasteiger charge is -2.22. The molecule has 0 aliphatic carbocycles. The van der Waals surface area contributed by atoms with E-state index in [-0.39, 0.29) is 12.1 Å². The predicted octanol–water partition coefficient (Wildman–Crippen LogP) is 3.96. The molecule has 0 heterocycles. The molecule has 1 atom stereocenters. The Morgan fingerprint density at radius 3 is 1.52 bits per heavy atom. The van der Waals surface area contributed by atoms with Crippen LogP contribution in [0.5, 0.6) is 0 Å². The molecule has 1 nitrogen and oxygen atoms in total. The smallest absolute Gasteiger partial charge is 0.268 e. The van der Waals surface area contributed by atoms with E-state index in [9.17, 15) is 44.6 Å². The molecule has 124 valence electrons. The first kappa shape index (κ1) is 17.1. The molecule has 0 radical (unpaired) electrons. The molecule has 0 aromatic heterocycles. The number of hydrogen-bond donors (Lipinski definition) is 1. The number of hydrogen-bond acceptors (Lipinski definition) is 1. The van der Waals surface area contributed by atoms with Gasteiger partial charge in [0.05, 0.1) is 11.1 Å². The average Bonchev–Trinajstić information content (AvgIpc) is 2.48. The van der Waals surface area contributed by atoms with E-state index in [0.717, 1.165) is 0 Å². The maximum atomic E-state index is 14.2. The van der Waals surface area contributed by atoms with Crippen LogP contribution in [0.1, 0.15) is 11.1 Å². The van der Waals surface area contributed by atoms with E-state index in [0.29, 0.717) is 0 Å². The lowest BCUT2D eigenvalue weighted by atomic mass is 9.96. The van der Waals surface area contributed by atoms with Crippen LogP contribution in [0.3, 0.4) is 0 Å². The van der Waals surface area contributed by atoms with E-state index < -0.39 is 63.5 Å². The second-order valence-corrected chi connectivity index (χ2v) is 4.29. The molecule has 2 rings (SSSR count). The number of halogens is 9. The second-order valence-electron chi connectivity index (χ2n) is 4.29. The van der Waals surface area contributed by atoms with Crippen molar-refractivity contribution in [1.29, 1.82) is 0 Å². The maximum Gasteiger partial charge on any atom is 0.268 e. The minimum atomic E-state index is -4.66. The Labute approximate surface area is 121 Å². The third kappa shape index (κ3) is 2.42. The van der Waals surface area contributed by atoms with Crippen molar-refractivity contribution in [1.82, 2.24) is 0 Å². The normalized spacial score (nSPS) is 14.0. The highest BCUT2D eigenvalue weighted by atomic mass is 19.2. The number of rotatable bonds is 2. The molecule has 0 fully saturated rings. The van der Waals surface area contributed by atoms with E-state index in [1.165, 1.54) is 0 Å². The predicted molar refractivity (Wildman–Crippen MR) is 56.7 cm³/mol. The molecule has 0 spiro atoms. The number of aliphatic hydroxyl groups is 1. The standard InChI is InChI=1S/C13H3F9O/c14-4-2-1-3(6(15)7(4)16)13(22,23)5-8(17)10(19)12(21)11(20)9(5)18/h1-2,23H. The molecule has 0 aliphatic rings. The van der Waals surface area contributed by atoms with Crippen LogP contribution in [-0.4, -0.2) is 5.11 Å². The summed E-state index contributed by atoms with van der Waals surface area (Å²) in [6, 6.07) is 0.135. The van der Waals surface area contributed by atoms with Crippen LogP contribution >= 0.6 is 0 Å². The third-order valence-corrected chi connectivity index (χ3v) is 2.93. The first-order valence-corrected chi connectivity index (χ1v) is 5.59. The zero-order valence-electron chi connectivity index (χ0n) is 10.5. The van der Waals surface area contributed by atoms with Crippen LogP contribution in [0.25, 0.3) is 0 Å². The van der Waals surface area contributed by atoms with Gasteiger partial charge in [-0.3, -0.25) is 0 Å². The Kier molecular flexibility index (Phi) is 4.05. The summed E-state index contributed by atoms with van der Waals surface area (Å²) in [5.41, 5.74) is -4.33. The second kappa shape index (κ2) is 5.44. The van der Waals surface area contributed by atoms with Crippen LogP contribution < -0.4 is 0 Å². The van der Waals surface area contributed by atoms with Crippen LogP contribution in [0, 0.1) is 46.5 Å². The van der Waals surface area contributed by atoms with Gasteiger partial charge in [0.2, 0.25) is 5.82 Å². The van der Waals surface area contributed by atoms with Crippen molar-refractivity contribution in [2.24, 2.45) is 0 Å². The fraction of sp³-hybridized carbons (Fsp3) is 0.0769. The van der Waals surface area contributed by atoms with Crippen molar-refractivity contribution >= 4 is 0 Å². The first-order valence-electron chi connectivity index (χ1n) is 5.59. The molecule has 2 aromatic carbocycles. The molecule has 0 aliphatic heterocycles. The van der Waals surface area contributed by atoms with Gasteiger partial charge in [0, 0.05) is 0 Å². The molecule has 0 saturated carbocycles. The van der Waals surface area contributed by atoms with Crippen molar-refractivity contribution in [3.63, 3.8) is 0 Å². The van der Waals surface area contributed by atoms with Crippen molar-refractivity contribution in [3.05, 3.63) is 69.8 Å². The molecular formula is C13H3F9O. The molecule has 10 heteroatoms. The van der Waals surface area contributed by atoms with Crippen LogP contribution in [-0.2, 0) is 5.85 Å². The molecule has 0 amide bonds. The largest absolute Gasteiger partial charge is 0.354 e. The van der Waals surface area contributed by atoms with E-state index >= 15 is 0 Å². The van der Waals surface area contributed by atoms with Gasteiger partial charge in [-0.05, 0) is 12.1 Å². The van der Waals surface area contributed by atoms with Gasteiger partial charge in [-0.25, -0.2) is 39.5 Å². The minimum absolute atomic E-state index is 0.0474. The van der Waals surface area contributed by atoms with E-state index in [1.54, 1.807) is 0 Å². The highest BCUT2D eigenvalue weighted by Gasteiger charge is 2.44. The fourth-order valence-electron chi connectivity index (χ4n) is 1.81. The Hall–Kier alpha value is -2.23. The van der Waals surface area contributed by atoms with E-state index in [4.69, 9.17) is 0 Å². The Bertz CT molecular complexity index is 772. The van der Waals surface area contributed by atoms with Gasteiger partial charge >= 0.3 is 0 Å². The highest BCUT2D eigenvalue weighted by Crippen LogP contribution is 2.39. The molecule has 23 heavy (non-hydrogen) atoms. The Morgan fingerprint density at radius 2 is 1.04 bits per heavy atom. The van der Waals surface area contributed by atoms with Crippen LogP contribution in [0.4, 0.5) is 39.5 Å². The summed E-state index contributed by atoms with van der Waals surface area (Å²) in [5.74, 6) is -24.7. The summed E-state index contributed by atoms with van der Waals surface area (Å²) in [6.45, 7) is 0. The molecule has 0 bridgehead atoms. The number of alkyl halides is 1. The van der Waals surface area contributed by atoms with E-state index in [1.807, 2.05) is 0 Å². The van der Waals surface area contributed by atoms with Gasteiger partial charge in [-0.15, -0.1) is 0 Å². The molecule has 1 unspecified atom stereocenters. The molecule has 1 N–H and O–H groups in total. The van der Waals surface area contributed by atoms with Gasteiger partial charge in [0.1, 0.15) is 0 Å². The van der Waals surface area contributed by atoms with Gasteiger partial charge in [0.15, 0.2) is 40.7 Å². The molecular weight excluding hydrogens is 343 g/mol. The topological polar surface area (TPSA) is 20.2 Å². The summed E-state index contributed by atoms with van der Waals surface area (Å²) in [7, 11) is 0. The van der Waals surface area contributed by atoms with Gasteiger partial charge in [0.25, 0.3) is 5.85 Å². The Balaban J connectivity index is 2.83. The summed E-state index contributed by atoms with van der Waals surface area (Å²) in [5, 5.41) is 9.42. The summed E-state index contributed by atoms with van der Waals surface area (Å²) in [6.07, 6.45) is 0. The average molecular weight is 346 g/mol. The minimum Gasteiger partial charge on any atom is -0.354 e. The highest BCUT2D eigenvalue weighted by molar-refractivity contribution is 5.37. The van der Waals surface area contributed by atoms with Crippen molar-refractivity contribution < 1.29 is 44.6 Å². The summed E-state index contributed by atoms with van der Waals surface area (Å²) >= 11 is 0. The van der Waals surface area contributed by atoms with Crippen LogP contribution in [0.15, 0.2) is 12.1 Å². The van der Waals surface area contributed by atoms with Gasteiger partial charge in [-0.2, -0.15) is 0 Å². The zero-order chi connectivity index (χ0) is 17.7. The van der Waals surface area contributed by atoms with Gasteiger partial charge < -0.3 is 5.11 Å². The van der Waals surface area contributed by atoms with Gasteiger partial charge in [-0.1, -0.05) is 0 Å². The zero-order valence-corrected chi connectivity index (χ0v) is 10.5. The molecule has 0 saturated heterocycles. The Morgan fingerprint density at radius 1 is 0.609 bits per heavy atom. The summed E-state index contributed by atoms with van der Waals surface area (Å²) < 4.78 is 119. The SMILES string of the molecule is OC(F)(c1ccc(F)c(F)c1F)c1c(F)c(F)c(F)c(F)c1F. The van der Waals surface area contributed by atoms with Crippen molar-refractivity contribution in [2.45, 2.75) is 5.85 Å². The monoisotopic (exact) mass is 346 g/mol. The maximum absolute atomic E-state index is 14.2. The third-order valence-electron chi connectivity index (χ3n) is 2.93. The van der Waals surface area contributed by atoms with Crippen molar-refractivity contribution in [3.8, 4) is 0 Å². The first-order chi connectivity index (χ1) is 10.5. The fourth-order valence-corrected chi connectivity index (χ4v) is 1.81. The lowest BCUT2D eigenvalue weighted by molar-refractivity contribution is -0.0647. The van der Waals surface area contributed by atoms with E-state index in [2.05, 4.69) is 0 Å². The quantitative estimate of drug-likeness (QED) is 0.496. The molecule has 2 aromatic rings. The van der Waals surface area contributed by atoms with Crippen LogP contribution in [0.2, 0.25) is 0 Å². The lowest BCUT2D eigenvalue weighted by Crippen LogP contribution is -2.28. The number of benzene rings is 2. The summed E-state index contributed by atoms with van der Waals surface area (Å²) in [4.78, 5) is 0.